The lowest BCUT2D eigenvalue weighted by Crippen LogP contribution is -2.38. The number of nitrogens with one attached hydrogen (secondary N) is 1. The van der Waals surface area contributed by atoms with Gasteiger partial charge in [-0.25, -0.2) is 20.0 Å². The van der Waals surface area contributed by atoms with Gasteiger partial charge in [-0.15, -0.1) is 0 Å². The standard InChI is InChI=1S/C18H18N6O5/c1-22-15-14(16(26)23(2)18(22)28)24(10-19-15)9-13(25)21-20-8-11-4-6-12(7-5-11)17(27)29-3/h4-8,10H,9H2,1-3H3,(H,21,25)/b20-8+. The Morgan fingerprint density at radius 1 is 1.17 bits per heavy atom. The fourth-order valence-corrected chi connectivity index (χ4v) is 2.71. The molecule has 0 fully saturated rings. The average Bonchev–Trinajstić information content (AvgIpc) is 3.14. The van der Waals surface area contributed by atoms with Gasteiger partial charge in [0.15, 0.2) is 11.2 Å². The van der Waals surface area contributed by atoms with E-state index in [1.807, 2.05) is 0 Å². The van der Waals surface area contributed by atoms with Crippen LogP contribution in [-0.2, 0) is 30.2 Å². The third-order valence-corrected chi connectivity index (χ3v) is 4.27. The molecule has 1 amide bonds. The van der Waals surface area contributed by atoms with Crippen LogP contribution in [0.3, 0.4) is 0 Å². The maximum absolute atomic E-state index is 12.4. The zero-order chi connectivity index (χ0) is 21.1. The molecule has 1 N–H and O–H groups in total. The molecule has 0 atom stereocenters. The summed E-state index contributed by atoms with van der Waals surface area (Å²) in [5.74, 6) is -0.930. The summed E-state index contributed by atoms with van der Waals surface area (Å²) in [6.07, 6.45) is 2.73. The Bertz CT molecular complexity index is 1230. The van der Waals surface area contributed by atoms with Crippen LogP contribution in [0.1, 0.15) is 15.9 Å². The molecule has 11 nitrogen and oxygen atoms in total. The molecule has 2 heterocycles. The molecule has 11 heteroatoms. The molecule has 29 heavy (non-hydrogen) atoms. The fraction of sp³-hybridized carbons (Fsp3) is 0.222. The quantitative estimate of drug-likeness (QED) is 0.346. The van der Waals surface area contributed by atoms with E-state index in [0.717, 1.165) is 4.57 Å². The van der Waals surface area contributed by atoms with Gasteiger partial charge in [-0.3, -0.25) is 18.7 Å². The van der Waals surface area contributed by atoms with Gasteiger partial charge in [0.2, 0.25) is 0 Å². The van der Waals surface area contributed by atoms with E-state index in [1.54, 1.807) is 24.3 Å². The van der Waals surface area contributed by atoms with Gasteiger partial charge in [0, 0.05) is 14.1 Å². The van der Waals surface area contributed by atoms with Crippen molar-refractivity contribution in [3.05, 3.63) is 62.6 Å². The summed E-state index contributed by atoms with van der Waals surface area (Å²) in [6.45, 7) is -0.206. The molecule has 3 aromatic rings. The van der Waals surface area contributed by atoms with Crippen molar-refractivity contribution in [2.75, 3.05) is 7.11 Å². The van der Waals surface area contributed by atoms with E-state index in [9.17, 15) is 19.2 Å². The van der Waals surface area contributed by atoms with Crippen LogP contribution < -0.4 is 16.7 Å². The summed E-state index contributed by atoms with van der Waals surface area (Å²) in [6, 6.07) is 6.45. The van der Waals surface area contributed by atoms with Gasteiger partial charge in [-0.1, -0.05) is 12.1 Å². The van der Waals surface area contributed by atoms with Crippen LogP contribution >= 0.6 is 0 Å². The van der Waals surface area contributed by atoms with E-state index in [2.05, 4.69) is 20.2 Å². The van der Waals surface area contributed by atoms with Crippen LogP contribution in [0.5, 0.6) is 0 Å². The molecule has 0 bridgehead atoms. The summed E-state index contributed by atoms with van der Waals surface area (Å²) < 4.78 is 8.16. The summed E-state index contributed by atoms with van der Waals surface area (Å²) in [7, 11) is 4.15. The average molecular weight is 398 g/mol. The smallest absolute Gasteiger partial charge is 0.337 e. The van der Waals surface area contributed by atoms with Crippen molar-refractivity contribution in [3.63, 3.8) is 0 Å². The number of methoxy groups -OCH3 is 1. The first-order valence-electron chi connectivity index (χ1n) is 8.44. The van der Waals surface area contributed by atoms with E-state index in [0.29, 0.717) is 11.1 Å². The number of aromatic nitrogens is 4. The van der Waals surface area contributed by atoms with Crippen molar-refractivity contribution in [2.45, 2.75) is 6.54 Å². The lowest BCUT2D eigenvalue weighted by atomic mass is 10.1. The SMILES string of the molecule is COC(=O)c1ccc(/C=N/NC(=O)Cn2cnc3c2c(=O)n(C)c(=O)n3C)cc1. The molecule has 150 valence electrons. The van der Waals surface area contributed by atoms with Gasteiger partial charge in [-0.05, 0) is 17.7 Å². The largest absolute Gasteiger partial charge is 0.465 e. The van der Waals surface area contributed by atoms with Crippen molar-refractivity contribution >= 4 is 29.3 Å². The molecule has 0 spiro atoms. The highest BCUT2D eigenvalue weighted by molar-refractivity contribution is 5.90. The van der Waals surface area contributed by atoms with Gasteiger partial charge in [0.1, 0.15) is 6.54 Å². The second-order valence-corrected chi connectivity index (χ2v) is 6.16. The Morgan fingerprint density at radius 3 is 2.52 bits per heavy atom. The Balaban J connectivity index is 1.72. The fourth-order valence-electron chi connectivity index (χ4n) is 2.71. The van der Waals surface area contributed by atoms with E-state index in [1.165, 1.54) is 42.9 Å². The number of imidazole rings is 1. The third-order valence-electron chi connectivity index (χ3n) is 4.27. The first-order chi connectivity index (χ1) is 13.8. The topological polar surface area (TPSA) is 130 Å². The van der Waals surface area contributed by atoms with Gasteiger partial charge in [0.25, 0.3) is 11.5 Å². The lowest BCUT2D eigenvalue weighted by Gasteiger charge is -2.06. The zero-order valence-electron chi connectivity index (χ0n) is 15.9. The number of esters is 1. The summed E-state index contributed by atoms with van der Waals surface area (Å²) in [4.78, 5) is 51.9. The highest BCUT2D eigenvalue weighted by Crippen LogP contribution is 2.05. The second kappa shape index (κ2) is 7.92. The first kappa shape index (κ1) is 19.7. The number of aryl methyl sites for hydroxylation is 1. The number of hydrogen-bond donors (Lipinski definition) is 1. The number of carbonyl (C=O) groups excluding carboxylic acids is 2. The van der Waals surface area contributed by atoms with Gasteiger partial charge >= 0.3 is 11.7 Å². The Labute approximate surface area is 163 Å². The van der Waals surface area contributed by atoms with Crippen molar-refractivity contribution in [1.82, 2.24) is 24.1 Å². The molecule has 3 rings (SSSR count). The van der Waals surface area contributed by atoms with Crippen LogP contribution in [0.2, 0.25) is 0 Å². The Kier molecular flexibility index (Phi) is 5.39. The predicted octanol–water partition coefficient (Wildman–Crippen LogP) is -0.629. The first-order valence-corrected chi connectivity index (χ1v) is 8.44. The molecule has 0 aliphatic carbocycles. The van der Waals surface area contributed by atoms with E-state index in [4.69, 9.17) is 0 Å². The van der Waals surface area contributed by atoms with E-state index in [-0.39, 0.29) is 17.7 Å². The number of rotatable bonds is 5. The Hall–Kier alpha value is -4.02. The number of amides is 1. The van der Waals surface area contributed by atoms with E-state index >= 15 is 0 Å². The Morgan fingerprint density at radius 2 is 1.86 bits per heavy atom. The molecular weight excluding hydrogens is 380 g/mol. The van der Waals surface area contributed by atoms with E-state index < -0.39 is 23.1 Å². The molecule has 0 unspecified atom stereocenters. The molecule has 0 saturated heterocycles. The van der Waals surface area contributed by atoms with Crippen molar-refractivity contribution in [1.29, 1.82) is 0 Å². The number of benzene rings is 1. The van der Waals surface area contributed by atoms with Crippen molar-refractivity contribution in [3.8, 4) is 0 Å². The monoisotopic (exact) mass is 398 g/mol. The number of ether oxygens (including phenoxy) is 1. The maximum atomic E-state index is 12.4. The minimum Gasteiger partial charge on any atom is -0.465 e. The molecule has 1 aromatic carbocycles. The molecule has 2 aromatic heterocycles. The van der Waals surface area contributed by atoms with Crippen LogP contribution in [0.4, 0.5) is 0 Å². The summed E-state index contributed by atoms with van der Waals surface area (Å²) >= 11 is 0. The number of nitrogens with zero attached hydrogens (tertiary/aromatic N) is 5. The minimum absolute atomic E-state index is 0.145. The molecular formula is C18H18N6O5. The third kappa shape index (κ3) is 3.83. The molecule has 0 saturated carbocycles. The van der Waals surface area contributed by atoms with Crippen LogP contribution in [0.15, 0.2) is 45.3 Å². The summed E-state index contributed by atoms with van der Waals surface area (Å²) in [5, 5.41) is 3.86. The number of carbonyl (C=O) groups is 2. The zero-order valence-corrected chi connectivity index (χ0v) is 15.9. The molecule has 0 radical (unpaired) electrons. The van der Waals surface area contributed by atoms with Crippen molar-refractivity contribution < 1.29 is 14.3 Å². The van der Waals surface area contributed by atoms with Gasteiger partial charge in [-0.2, -0.15) is 5.10 Å². The van der Waals surface area contributed by atoms with Crippen LogP contribution in [-0.4, -0.2) is 43.9 Å². The van der Waals surface area contributed by atoms with Gasteiger partial charge < -0.3 is 9.30 Å². The normalized spacial score (nSPS) is 11.1. The number of fused-ring (bicyclic) bond motifs is 1. The predicted molar refractivity (Wildman–Crippen MR) is 104 cm³/mol. The number of hydrogen-bond acceptors (Lipinski definition) is 7. The number of hydrazone groups is 1. The highest BCUT2D eigenvalue weighted by Gasteiger charge is 2.15. The highest BCUT2D eigenvalue weighted by atomic mass is 16.5. The minimum atomic E-state index is -0.539. The lowest BCUT2D eigenvalue weighted by molar-refractivity contribution is -0.121. The second-order valence-electron chi connectivity index (χ2n) is 6.16. The summed E-state index contributed by atoms with van der Waals surface area (Å²) in [5.41, 5.74) is 2.72. The van der Waals surface area contributed by atoms with Crippen LogP contribution in [0.25, 0.3) is 11.2 Å². The maximum Gasteiger partial charge on any atom is 0.337 e. The molecule has 0 aliphatic rings. The van der Waals surface area contributed by atoms with Gasteiger partial charge in [0.05, 0.1) is 25.2 Å². The van der Waals surface area contributed by atoms with Crippen LogP contribution in [0, 0.1) is 0 Å². The molecule has 0 aliphatic heterocycles. The van der Waals surface area contributed by atoms with Crippen molar-refractivity contribution in [2.24, 2.45) is 19.2 Å².